The van der Waals surface area contributed by atoms with Gasteiger partial charge in [0.05, 0.1) is 16.7 Å². The Kier molecular flexibility index (Phi) is 10.6. The minimum absolute atomic E-state index is 0.00723. The molecule has 0 heterocycles. The monoisotopic (exact) mass is 606 g/mol. The number of rotatable bonds is 13. The van der Waals surface area contributed by atoms with Gasteiger partial charge in [-0.1, -0.05) is 48.6 Å². The minimum Gasteiger partial charge on any atom is -0.488 e. The summed E-state index contributed by atoms with van der Waals surface area (Å²) < 4.78 is 58.7. The van der Waals surface area contributed by atoms with E-state index in [0.29, 0.717) is 42.6 Å². The molecule has 0 fully saturated rings. The first kappa shape index (κ1) is 32.0. The molecule has 0 aliphatic carbocycles. The number of halogens is 4. The zero-order valence-corrected chi connectivity index (χ0v) is 23.6. The van der Waals surface area contributed by atoms with E-state index in [-0.39, 0.29) is 23.7 Å². The molecule has 5 nitrogen and oxygen atoms in total. The molecule has 0 bridgehead atoms. The van der Waals surface area contributed by atoms with Crippen LogP contribution in [0.2, 0.25) is 0 Å². The Morgan fingerprint density at radius 2 is 1.23 bits per heavy atom. The van der Waals surface area contributed by atoms with Gasteiger partial charge in [0.25, 0.3) is 0 Å². The van der Waals surface area contributed by atoms with E-state index in [2.05, 4.69) is 0 Å². The average Bonchev–Trinajstić information content (AvgIpc) is 3.00. The third kappa shape index (κ3) is 9.29. The van der Waals surface area contributed by atoms with Gasteiger partial charge in [-0.25, -0.2) is 14.0 Å². The number of carboxylic acid groups (broad SMARTS) is 2. The lowest BCUT2D eigenvalue weighted by molar-refractivity contribution is -0.137. The van der Waals surface area contributed by atoms with Gasteiger partial charge in [-0.2, -0.15) is 13.2 Å². The molecule has 0 radical (unpaired) electrons. The summed E-state index contributed by atoms with van der Waals surface area (Å²) in [4.78, 5) is 22.4. The normalized spacial score (nSPS) is 11.7. The van der Waals surface area contributed by atoms with Gasteiger partial charge in [0.1, 0.15) is 18.2 Å². The molecule has 0 spiro atoms. The molecule has 9 heteroatoms. The number of allylic oxidation sites excluding steroid dienone is 1. The summed E-state index contributed by atoms with van der Waals surface area (Å²) in [5.41, 5.74) is 2.57. The van der Waals surface area contributed by atoms with Crippen molar-refractivity contribution in [2.24, 2.45) is 5.92 Å². The van der Waals surface area contributed by atoms with Gasteiger partial charge < -0.3 is 14.9 Å². The Hall–Kier alpha value is -4.92. The number of alkyl halides is 3. The standard InChI is InChI=1S/C35H30F4O5/c36-31-19-20-32(44-22-26-10-17-30(18-11-26)35(37,38)39)29(21-31)16-9-23(1-3-24-5-12-27(13-6-24)33(40)41)2-4-25-7-14-28(15-8-25)34(42)43/h5-21,23H,1-4,22H2,(H,40,41)(H,42,43). The quantitative estimate of drug-likeness (QED) is 0.149. The fourth-order valence-corrected chi connectivity index (χ4v) is 4.64. The van der Waals surface area contributed by atoms with Crippen molar-refractivity contribution < 1.29 is 42.1 Å². The number of benzene rings is 4. The molecule has 0 atom stereocenters. The molecule has 4 rings (SSSR count). The Morgan fingerprint density at radius 3 is 1.70 bits per heavy atom. The summed E-state index contributed by atoms with van der Waals surface area (Å²) in [7, 11) is 0. The summed E-state index contributed by atoms with van der Waals surface area (Å²) in [5, 5.41) is 18.3. The first-order valence-corrected chi connectivity index (χ1v) is 13.9. The molecule has 0 aliphatic rings. The van der Waals surface area contributed by atoms with Gasteiger partial charge in [0.2, 0.25) is 0 Å². The number of aryl methyl sites for hydroxylation is 2. The van der Waals surface area contributed by atoms with Crippen molar-refractivity contribution in [1.82, 2.24) is 0 Å². The van der Waals surface area contributed by atoms with E-state index in [9.17, 15) is 27.2 Å². The summed E-state index contributed by atoms with van der Waals surface area (Å²) in [6.07, 6.45) is 2.00. The summed E-state index contributed by atoms with van der Waals surface area (Å²) >= 11 is 0. The molecule has 0 unspecified atom stereocenters. The molecule has 0 saturated carbocycles. The van der Waals surface area contributed by atoms with Crippen LogP contribution in [0.1, 0.15) is 61.4 Å². The van der Waals surface area contributed by atoms with Crippen LogP contribution in [-0.2, 0) is 25.6 Å². The van der Waals surface area contributed by atoms with Crippen molar-refractivity contribution in [3.8, 4) is 5.75 Å². The van der Waals surface area contributed by atoms with Crippen LogP contribution in [0.5, 0.6) is 5.75 Å². The van der Waals surface area contributed by atoms with E-state index in [1.165, 1.54) is 30.3 Å². The van der Waals surface area contributed by atoms with E-state index in [4.69, 9.17) is 14.9 Å². The highest BCUT2D eigenvalue weighted by molar-refractivity contribution is 5.88. The lowest BCUT2D eigenvalue weighted by Crippen LogP contribution is -2.05. The fourth-order valence-electron chi connectivity index (χ4n) is 4.64. The average molecular weight is 607 g/mol. The Morgan fingerprint density at radius 1 is 0.727 bits per heavy atom. The minimum atomic E-state index is -4.44. The van der Waals surface area contributed by atoms with Crippen LogP contribution in [-0.4, -0.2) is 22.2 Å². The number of carboxylic acids is 2. The molecule has 4 aromatic rings. The van der Waals surface area contributed by atoms with Crippen LogP contribution < -0.4 is 4.74 Å². The number of aromatic carboxylic acids is 2. The number of carbonyl (C=O) groups is 2. The maximum Gasteiger partial charge on any atom is 0.416 e. The van der Waals surface area contributed by atoms with Crippen molar-refractivity contribution in [2.45, 2.75) is 38.5 Å². The number of ether oxygens (including phenoxy) is 1. The van der Waals surface area contributed by atoms with E-state index in [1.807, 2.05) is 6.08 Å². The molecule has 4 aromatic carbocycles. The zero-order valence-electron chi connectivity index (χ0n) is 23.6. The van der Waals surface area contributed by atoms with Crippen molar-refractivity contribution in [3.05, 3.63) is 142 Å². The Labute approximate surface area is 252 Å². The maximum atomic E-state index is 14.2. The molecular formula is C35H30F4O5. The van der Waals surface area contributed by atoms with E-state index in [0.717, 1.165) is 23.3 Å². The molecular weight excluding hydrogens is 576 g/mol. The highest BCUT2D eigenvalue weighted by Crippen LogP contribution is 2.30. The topological polar surface area (TPSA) is 83.8 Å². The third-order valence-electron chi connectivity index (χ3n) is 7.20. The van der Waals surface area contributed by atoms with Gasteiger partial charge in [-0.3, -0.25) is 0 Å². The van der Waals surface area contributed by atoms with Crippen LogP contribution in [0.4, 0.5) is 17.6 Å². The van der Waals surface area contributed by atoms with Crippen LogP contribution in [0.15, 0.2) is 97.1 Å². The lowest BCUT2D eigenvalue weighted by Gasteiger charge is -2.15. The van der Waals surface area contributed by atoms with Gasteiger partial charge in [-0.15, -0.1) is 0 Å². The summed E-state index contributed by atoms with van der Waals surface area (Å²) in [5.74, 6) is -2.09. The molecule has 0 aliphatic heterocycles. The molecule has 0 saturated heterocycles. The second-order valence-corrected chi connectivity index (χ2v) is 10.4. The number of hydrogen-bond donors (Lipinski definition) is 2. The Balaban J connectivity index is 1.49. The summed E-state index contributed by atoms with van der Waals surface area (Å²) in [6.45, 7) is -0.00723. The predicted octanol–water partition coefficient (Wildman–Crippen LogP) is 8.71. The largest absolute Gasteiger partial charge is 0.488 e. The molecule has 0 amide bonds. The van der Waals surface area contributed by atoms with Gasteiger partial charge >= 0.3 is 18.1 Å². The van der Waals surface area contributed by atoms with Crippen LogP contribution in [0.3, 0.4) is 0 Å². The molecule has 0 aromatic heterocycles. The van der Waals surface area contributed by atoms with E-state index >= 15 is 0 Å². The SMILES string of the molecule is O=C(O)c1ccc(CCC(C=Cc2cc(F)ccc2OCc2ccc(C(F)(F)F)cc2)CCc2ccc(C(=O)O)cc2)cc1. The van der Waals surface area contributed by atoms with Crippen LogP contribution >= 0.6 is 0 Å². The van der Waals surface area contributed by atoms with Gasteiger partial charge in [0, 0.05) is 5.56 Å². The highest BCUT2D eigenvalue weighted by atomic mass is 19.4. The van der Waals surface area contributed by atoms with Gasteiger partial charge in [-0.05, 0) is 103 Å². The van der Waals surface area contributed by atoms with E-state index in [1.54, 1.807) is 54.6 Å². The molecule has 2 N–H and O–H groups in total. The van der Waals surface area contributed by atoms with Crippen LogP contribution in [0.25, 0.3) is 6.08 Å². The van der Waals surface area contributed by atoms with Crippen LogP contribution in [0, 0.1) is 11.7 Å². The van der Waals surface area contributed by atoms with Crippen molar-refractivity contribution in [2.75, 3.05) is 0 Å². The van der Waals surface area contributed by atoms with Gasteiger partial charge in [0.15, 0.2) is 0 Å². The summed E-state index contributed by atoms with van der Waals surface area (Å²) in [6, 6.07) is 22.0. The molecule has 228 valence electrons. The maximum absolute atomic E-state index is 14.2. The first-order valence-electron chi connectivity index (χ1n) is 13.9. The highest BCUT2D eigenvalue weighted by Gasteiger charge is 2.29. The van der Waals surface area contributed by atoms with Crippen molar-refractivity contribution >= 4 is 18.0 Å². The smallest absolute Gasteiger partial charge is 0.416 e. The first-order chi connectivity index (χ1) is 21.0. The third-order valence-corrected chi connectivity index (χ3v) is 7.20. The second-order valence-electron chi connectivity index (χ2n) is 10.4. The van der Waals surface area contributed by atoms with Crippen molar-refractivity contribution in [1.29, 1.82) is 0 Å². The van der Waals surface area contributed by atoms with Crippen molar-refractivity contribution in [3.63, 3.8) is 0 Å². The predicted molar refractivity (Wildman–Crippen MR) is 158 cm³/mol. The fraction of sp³-hybridized carbons (Fsp3) is 0.200. The lowest BCUT2D eigenvalue weighted by atomic mass is 9.91. The second kappa shape index (κ2) is 14.5. The Bertz CT molecular complexity index is 1530. The van der Waals surface area contributed by atoms with E-state index < -0.39 is 29.5 Å². The number of hydrogen-bond acceptors (Lipinski definition) is 3. The zero-order chi connectivity index (χ0) is 31.7. The molecule has 44 heavy (non-hydrogen) atoms.